The van der Waals surface area contributed by atoms with Crippen molar-refractivity contribution >= 4 is 5.91 Å². The fourth-order valence-corrected chi connectivity index (χ4v) is 0.997. The van der Waals surface area contributed by atoms with E-state index in [1.807, 2.05) is 14.0 Å². The summed E-state index contributed by atoms with van der Waals surface area (Å²) >= 11 is 0. The van der Waals surface area contributed by atoms with Gasteiger partial charge in [0, 0.05) is 19.5 Å². The predicted molar refractivity (Wildman–Crippen MR) is 36.4 cm³/mol. The predicted octanol–water partition coefficient (Wildman–Crippen LogP) is 0.647. The molecule has 1 aliphatic rings. The molecular weight excluding hydrogens is 116 g/mol. The zero-order valence-corrected chi connectivity index (χ0v) is 6.05. The van der Waals surface area contributed by atoms with Crippen molar-refractivity contribution in [3.05, 3.63) is 0 Å². The highest BCUT2D eigenvalue weighted by Gasteiger charge is 2.23. The molecule has 1 atom stereocenters. The summed E-state index contributed by atoms with van der Waals surface area (Å²) in [6.07, 6.45) is 1.04. The summed E-state index contributed by atoms with van der Waals surface area (Å²) < 4.78 is 0. The molecule has 1 amide bonds. The van der Waals surface area contributed by atoms with Gasteiger partial charge in [-0.2, -0.15) is 0 Å². The molecule has 54 valence electrons. The van der Waals surface area contributed by atoms with Crippen LogP contribution in [-0.4, -0.2) is 24.4 Å². The first kappa shape index (κ1) is 8.43. The van der Waals surface area contributed by atoms with Gasteiger partial charge in [0.2, 0.25) is 5.91 Å². The lowest BCUT2D eigenvalue weighted by Gasteiger charge is -2.05. The Bertz CT molecular complexity index is 102. The van der Waals surface area contributed by atoms with Crippen molar-refractivity contribution in [2.24, 2.45) is 5.92 Å². The molecule has 3 heteroatoms. The molecule has 0 saturated carbocycles. The number of amides is 1. The molecule has 1 rings (SSSR count). The molecule has 0 aromatic heterocycles. The standard InChI is InChI=1S/C6H11NO.H3N/c1-5-3-4-7(2)6(5)8;/h5H,3-4H2,1-2H3;1H3. The molecule has 0 aliphatic carbocycles. The van der Waals surface area contributed by atoms with Crippen LogP contribution in [0.3, 0.4) is 0 Å². The van der Waals surface area contributed by atoms with E-state index in [1.54, 1.807) is 4.90 Å². The molecule has 0 aromatic rings. The number of carbonyl (C=O) groups is 1. The van der Waals surface area contributed by atoms with Crippen molar-refractivity contribution in [2.45, 2.75) is 13.3 Å². The molecule has 0 radical (unpaired) electrons. The molecule has 1 fully saturated rings. The zero-order chi connectivity index (χ0) is 6.15. The number of hydrogen-bond acceptors (Lipinski definition) is 2. The van der Waals surface area contributed by atoms with Crippen LogP contribution in [-0.2, 0) is 4.79 Å². The number of carbonyl (C=O) groups excluding carboxylic acids is 1. The lowest BCUT2D eigenvalue weighted by Crippen LogP contribution is -2.21. The Morgan fingerprint density at radius 1 is 1.67 bits per heavy atom. The number of hydrogen-bond donors (Lipinski definition) is 1. The van der Waals surface area contributed by atoms with Crippen molar-refractivity contribution in [2.75, 3.05) is 13.6 Å². The Kier molecular flexibility index (Phi) is 2.65. The summed E-state index contributed by atoms with van der Waals surface area (Å²) in [7, 11) is 1.85. The van der Waals surface area contributed by atoms with Crippen LogP contribution in [0, 0.1) is 5.92 Å². The minimum absolute atomic E-state index is 0. The van der Waals surface area contributed by atoms with Crippen LogP contribution in [0.1, 0.15) is 13.3 Å². The highest BCUT2D eigenvalue weighted by atomic mass is 16.2. The average Bonchev–Trinajstić information content (AvgIpc) is 1.98. The summed E-state index contributed by atoms with van der Waals surface area (Å²) in [5, 5.41) is 0. The lowest BCUT2D eigenvalue weighted by molar-refractivity contribution is -0.129. The third-order valence-electron chi connectivity index (χ3n) is 1.70. The SMILES string of the molecule is CC1CCN(C)C1=O.N. The minimum atomic E-state index is 0. The maximum absolute atomic E-state index is 10.8. The van der Waals surface area contributed by atoms with Crippen LogP contribution in [0.2, 0.25) is 0 Å². The van der Waals surface area contributed by atoms with Gasteiger partial charge in [-0.15, -0.1) is 0 Å². The largest absolute Gasteiger partial charge is 0.346 e. The van der Waals surface area contributed by atoms with Crippen molar-refractivity contribution in [3.63, 3.8) is 0 Å². The van der Waals surface area contributed by atoms with Gasteiger partial charge in [-0.05, 0) is 6.42 Å². The Morgan fingerprint density at radius 3 is 2.33 bits per heavy atom. The minimum Gasteiger partial charge on any atom is -0.346 e. The van der Waals surface area contributed by atoms with E-state index < -0.39 is 0 Å². The summed E-state index contributed by atoms with van der Waals surface area (Å²) in [5.41, 5.74) is 0. The normalized spacial score (nSPS) is 26.2. The van der Waals surface area contributed by atoms with Crippen LogP contribution in [0.15, 0.2) is 0 Å². The van der Waals surface area contributed by atoms with Crippen LogP contribution < -0.4 is 6.15 Å². The van der Waals surface area contributed by atoms with Crippen LogP contribution in [0.25, 0.3) is 0 Å². The van der Waals surface area contributed by atoms with Crippen LogP contribution >= 0.6 is 0 Å². The summed E-state index contributed by atoms with van der Waals surface area (Å²) in [4.78, 5) is 12.6. The van der Waals surface area contributed by atoms with E-state index in [4.69, 9.17) is 0 Å². The second kappa shape index (κ2) is 2.82. The lowest BCUT2D eigenvalue weighted by atomic mass is 10.1. The summed E-state index contributed by atoms with van der Waals surface area (Å²) in [6, 6.07) is 0. The van der Waals surface area contributed by atoms with Gasteiger partial charge < -0.3 is 11.1 Å². The Hall–Kier alpha value is -0.570. The third kappa shape index (κ3) is 1.42. The summed E-state index contributed by atoms with van der Waals surface area (Å²) in [5.74, 6) is 0.574. The second-order valence-electron chi connectivity index (χ2n) is 2.45. The highest BCUT2D eigenvalue weighted by molar-refractivity contribution is 5.80. The van der Waals surface area contributed by atoms with Crippen molar-refractivity contribution < 1.29 is 4.79 Å². The van der Waals surface area contributed by atoms with E-state index in [0.29, 0.717) is 5.91 Å². The third-order valence-corrected chi connectivity index (χ3v) is 1.70. The molecule has 1 heterocycles. The number of nitrogens with zero attached hydrogens (tertiary/aromatic N) is 1. The molecule has 9 heavy (non-hydrogen) atoms. The molecule has 1 aliphatic heterocycles. The molecule has 0 aromatic carbocycles. The molecular formula is C6H14N2O. The van der Waals surface area contributed by atoms with Gasteiger partial charge in [-0.1, -0.05) is 6.92 Å². The quantitative estimate of drug-likeness (QED) is 0.523. The number of likely N-dealkylation sites (tertiary alicyclic amines) is 1. The molecule has 0 spiro atoms. The topological polar surface area (TPSA) is 55.3 Å². The van der Waals surface area contributed by atoms with Crippen molar-refractivity contribution in [1.29, 1.82) is 0 Å². The molecule has 1 saturated heterocycles. The molecule has 3 N–H and O–H groups in total. The first-order valence-electron chi connectivity index (χ1n) is 2.97. The fourth-order valence-electron chi connectivity index (χ4n) is 0.997. The average molecular weight is 130 g/mol. The number of rotatable bonds is 0. The zero-order valence-electron chi connectivity index (χ0n) is 6.05. The Labute approximate surface area is 55.6 Å². The molecule has 1 unspecified atom stereocenters. The molecule has 0 bridgehead atoms. The highest BCUT2D eigenvalue weighted by Crippen LogP contribution is 2.13. The van der Waals surface area contributed by atoms with E-state index >= 15 is 0 Å². The van der Waals surface area contributed by atoms with Gasteiger partial charge >= 0.3 is 0 Å². The smallest absolute Gasteiger partial charge is 0.225 e. The van der Waals surface area contributed by atoms with E-state index in [9.17, 15) is 4.79 Å². The van der Waals surface area contributed by atoms with Crippen LogP contribution in [0.5, 0.6) is 0 Å². The Morgan fingerprint density at radius 2 is 2.22 bits per heavy atom. The van der Waals surface area contributed by atoms with Crippen LogP contribution in [0.4, 0.5) is 0 Å². The monoisotopic (exact) mass is 130 g/mol. The van der Waals surface area contributed by atoms with E-state index in [0.717, 1.165) is 13.0 Å². The maximum atomic E-state index is 10.8. The fraction of sp³-hybridized carbons (Fsp3) is 0.833. The maximum Gasteiger partial charge on any atom is 0.225 e. The van der Waals surface area contributed by atoms with Gasteiger partial charge in [-0.3, -0.25) is 4.79 Å². The Balaban J connectivity index is 0.000000640. The van der Waals surface area contributed by atoms with Gasteiger partial charge in [0.1, 0.15) is 0 Å². The van der Waals surface area contributed by atoms with E-state index in [1.165, 1.54) is 0 Å². The van der Waals surface area contributed by atoms with E-state index in [2.05, 4.69) is 0 Å². The van der Waals surface area contributed by atoms with Gasteiger partial charge in [0.05, 0.1) is 0 Å². The van der Waals surface area contributed by atoms with Gasteiger partial charge in [0.25, 0.3) is 0 Å². The van der Waals surface area contributed by atoms with Gasteiger partial charge in [0.15, 0.2) is 0 Å². The second-order valence-corrected chi connectivity index (χ2v) is 2.45. The van der Waals surface area contributed by atoms with E-state index in [-0.39, 0.29) is 12.1 Å². The first-order valence-corrected chi connectivity index (χ1v) is 2.97. The molecule has 3 nitrogen and oxygen atoms in total. The first-order chi connectivity index (χ1) is 3.72. The van der Waals surface area contributed by atoms with Gasteiger partial charge in [-0.25, -0.2) is 0 Å². The van der Waals surface area contributed by atoms with Crippen molar-refractivity contribution in [1.82, 2.24) is 11.1 Å². The summed E-state index contributed by atoms with van der Waals surface area (Å²) in [6.45, 7) is 2.92. The van der Waals surface area contributed by atoms with Crippen molar-refractivity contribution in [3.8, 4) is 0 Å².